The van der Waals surface area contributed by atoms with Crippen LogP contribution in [-0.2, 0) is 6.42 Å². The molecule has 4 nitrogen and oxygen atoms in total. The van der Waals surface area contributed by atoms with E-state index in [-0.39, 0.29) is 5.69 Å². The molecule has 0 saturated heterocycles. The zero-order valence-electron chi connectivity index (χ0n) is 10.6. The van der Waals surface area contributed by atoms with E-state index in [1.165, 1.54) is 12.1 Å². The summed E-state index contributed by atoms with van der Waals surface area (Å²) in [7, 11) is 0. The fourth-order valence-corrected chi connectivity index (χ4v) is 2.47. The first-order valence-corrected chi connectivity index (χ1v) is 6.33. The van der Waals surface area contributed by atoms with E-state index in [4.69, 9.17) is 0 Å². The third-order valence-corrected chi connectivity index (χ3v) is 3.45. The van der Waals surface area contributed by atoms with Crippen LogP contribution >= 0.6 is 0 Å². The third-order valence-electron chi connectivity index (χ3n) is 3.45. The number of halogens is 1. The first-order chi connectivity index (χ1) is 9.65. The number of aliphatic hydroxyl groups excluding tert-OH is 1. The number of aromatic nitrogens is 1. The van der Waals surface area contributed by atoms with Crippen LogP contribution < -0.4 is 5.32 Å². The minimum atomic E-state index is -0.656. The molecule has 1 amide bonds. The summed E-state index contributed by atoms with van der Waals surface area (Å²) in [6.07, 6.45) is 0.850. The highest BCUT2D eigenvalue weighted by Gasteiger charge is 2.32. The summed E-state index contributed by atoms with van der Waals surface area (Å²) in [5, 5.41) is 12.8. The lowest BCUT2D eigenvalue weighted by Gasteiger charge is -2.17. The lowest BCUT2D eigenvalue weighted by Crippen LogP contribution is -2.34. The molecule has 0 unspecified atom stereocenters. The van der Waals surface area contributed by atoms with E-state index in [0.717, 1.165) is 17.3 Å². The van der Waals surface area contributed by atoms with E-state index in [1.54, 1.807) is 0 Å². The monoisotopic (exact) mass is 272 g/mol. The molecule has 5 heteroatoms. The Morgan fingerprint density at radius 3 is 2.85 bits per heavy atom. The van der Waals surface area contributed by atoms with Gasteiger partial charge in [0.15, 0.2) is 0 Å². The molecule has 2 atom stereocenters. The van der Waals surface area contributed by atoms with E-state index in [9.17, 15) is 14.3 Å². The molecule has 1 aromatic heterocycles. The van der Waals surface area contributed by atoms with Crippen molar-refractivity contribution in [3.8, 4) is 0 Å². The Balaban J connectivity index is 1.81. The van der Waals surface area contributed by atoms with Crippen molar-refractivity contribution in [1.82, 2.24) is 10.3 Å². The SMILES string of the molecule is O=C(N[C@H]1c2ccccc2C[C@H]1O)c1ccc(F)cn1. The second-order valence-electron chi connectivity index (χ2n) is 4.78. The van der Waals surface area contributed by atoms with Crippen LogP contribution in [0.4, 0.5) is 4.39 Å². The van der Waals surface area contributed by atoms with Gasteiger partial charge in [-0.05, 0) is 23.3 Å². The van der Waals surface area contributed by atoms with Gasteiger partial charge in [0.25, 0.3) is 5.91 Å². The largest absolute Gasteiger partial charge is 0.390 e. The molecule has 1 aliphatic rings. The van der Waals surface area contributed by atoms with Crippen LogP contribution in [0, 0.1) is 5.82 Å². The van der Waals surface area contributed by atoms with Crippen LogP contribution in [0.25, 0.3) is 0 Å². The van der Waals surface area contributed by atoms with Gasteiger partial charge in [0.2, 0.25) is 0 Å². The summed E-state index contributed by atoms with van der Waals surface area (Å²) < 4.78 is 12.8. The number of hydrogen-bond donors (Lipinski definition) is 2. The zero-order chi connectivity index (χ0) is 14.1. The van der Waals surface area contributed by atoms with Crippen molar-refractivity contribution in [3.63, 3.8) is 0 Å². The molecule has 0 spiro atoms. The molecule has 102 valence electrons. The molecule has 1 aromatic carbocycles. The molecule has 0 fully saturated rings. The second-order valence-corrected chi connectivity index (χ2v) is 4.78. The highest BCUT2D eigenvalue weighted by Crippen LogP contribution is 2.31. The van der Waals surface area contributed by atoms with Crippen molar-refractivity contribution in [2.24, 2.45) is 0 Å². The Morgan fingerprint density at radius 1 is 1.30 bits per heavy atom. The van der Waals surface area contributed by atoms with Crippen LogP contribution in [0.5, 0.6) is 0 Å². The number of nitrogens with zero attached hydrogens (tertiary/aromatic N) is 1. The number of carbonyl (C=O) groups excluding carboxylic acids is 1. The summed E-state index contributed by atoms with van der Waals surface area (Å²) in [5.74, 6) is -0.918. The van der Waals surface area contributed by atoms with Crippen molar-refractivity contribution in [2.75, 3.05) is 0 Å². The number of hydrogen-bond acceptors (Lipinski definition) is 3. The molecule has 0 aliphatic heterocycles. The molecule has 0 saturated carbocycles. The van der Waals surface area contributed by atoms with Crippen LogP contribution in [0.1, 0.15) is 27.7 Å². The fraction of sp³-hybridized carbons (Fsp3) is 0.200. The lowest BCUT2D eigenvalue weighted by atomic mass is 10.1. The van der Waals surface area contributed by atoms with Crippen LogP contribution in [0.15, 0.2) is 42.6 Å². The van der Waals surface area contributed by atoms with Crippen LogP contribution in [-0.4, -0.2) is 22.1 Å². The van der Waals surface area contributed by atoms with E-state index in [0.29, 0.717) is 6.42 Å². The van der Waals surface area contributed by atoms with Crippen LogP contribution in [0.3, 0.4) is 0 Å². The standard InChI is InChI=1S/C15H13FN2O2/c16-10-5-6-12(17-8-10)15(20)18-14-11-4-2-1-3-9(11)7-13(14)19/h1-6,8,13-14,19H,7H2,(H,18,20)/t13-,14+/m1/s1. The van der Waals surface area contributed by atoms with Gasteiger partial charge in [-0.15, -0.1) is 0 Å². The molecular formula is C15H13FN2O2. The molecule has 1 aliphatic carbocycles. The van der Waals surface area contributed by atoms with Crippen molar-refractivity contribution < 1.29 is 14.3 Å². The zero-order valence-corrected chi connectivity index (χ0v) is 10.6. The predicted molar refractivity (Wildman–Crippen MR) is 70.6 cm³/mol. The van der Waals surface area contributed by atoms with E-state index < -0.39 is 23.9 Å². The Labute approximate surface area is 115 Å². The molecule has 0 bridgehead atoms. The normalized spacial score (nSPS) is 20.5. The van der Waals surface area contributed by atoms with E-state index >= 15 is 0 Å². The van der Waals surface area contributed by atoms with Gasteiger partial charge >= 0.3 is 0 Å². The van der Waals surface area contributed by atoms with Gasteiger partial charge in [-0.3, -0.25) is 4.79 Å². The minimum Gasteiger partial charge on any atom is -0.390 e. The van der Waals surface area contributed by atoms with E-state index in [1.807, 2.05) is 24.3 Å². The third kappa shape index (κ3) is 2.28. The quantitative estimate of drug-likeness (QED) is 0.873. The molecular weight excluding hydrogens is 259 g/mol. The predicted octanol–water partition coefficient (Wildman–Crippen LogP) is 1.61. The summed E-state index contributed by atoms with van der Waals surface area (Å²) in [5.41, 5.74) is 2.07. The summed E-state index contributed by atoms with van der Waals surface area (Å²) in [4.78, 5) is 15.8. The summed E-state index contributed by atoms with van der Waals surface area (Å²) in [6.45, 7) is 0. The Morgan fingerprint density at radius 2 is 2.10 bits per heavy atom. The topological polar surface area (TPSA) is 62.2 Å². The van der Waals surface area contributed by atoms with Gasteiger partial charge in [0.1, 0.15) is 11.5 Å². The van der Waals surface area contributed by atoms with Gasteiger partial charge < -0.3 is 10.4 Å². The molecule has 1 heterocycles. The molecule has 20 heavy (non-hydrogen) atoms. The highest BCUT2D eigenvalue weighted by atomic mass is 19.1. The van der Waals surface area contributed by atoms with Crippen LogP contribution in [0.2, 0.25) is 0 Å². The first kappa shape index (κ1) is 12.7. The summed E-state index contributed by atoms with van der Waals surface area (Å²) >= 11 is 0. The second kappa shape index (κ2) is 5.02. The van der Waals surface area contributed by atoms with E-state index in [2.05, 4.69) is 10.3 Å². The number of rotatable bonds is 2. The number of benzene rings is 1. The maximum absolute atomic E-state index is 12.8. The van der Waals surface area contributed by atoms with Crippen molar-refractivity contribution in [1.29, 1.82) is 0 Å². The van der Waals surface area contributed by atoms with Crippen molar-refractivity contribution >= 4 is 5.91 Å². The Kier molecular flexibility index (Phi) is 3.20. The molecule has 2 aromatic rings. The highest BCUT2D eigenvalue weighted by molar-refractivity contribution is 5.92. The fourth-order valence-electron chi connectivity index (χ4n) is 2.47. The lowest BCUT2D eigenvalue weighted by molar-refractivity contribution is 0.0853. The number of amides is 1. The average molecular weight is 272 g/mol. The maximum atomic E-state index is 12.8. The van der Waals surface area contributed by atoms with Gasteiger partial charge in [-0.2, -0.15) is 0 Å². The first-order valence-electron chi connectivity index (χ1n) is 6.33. The summed E-state index contributed by atoms with van der Waals surface area (Å²) in [6, 6.07) is 9.63. The maximum Gasteiger partial charge on any atom is 0.270 e. The smallest absolute Gasteiger partial charge is 0.270 e. The van der Waals surface area contributed by atoms with Crippen molar-refractivity contribution in [3.05, 3.63) is 65.2 Å². The average Bonchev–Trinajstić information content (AvgIpc) is 2.76. The number of aliphatic hydroxyl groups is 1. The molecule has 2 N–H and O–H groups in total. The van der Waals surface area contributed by atoms with Crippen molar-refractivity contribution in [2.45, 2.75) is 18.6 Å². The minimum absolute atomic E-state index is 0.128. The molecule has 0 radical (unpaired) electrons. The number of fused-ring (bicyclic) bond motifs is 1. The number of pyridine rings is 1. The Hall–Kier alpha value is -2.27. The van der Waals surface area contributed by atoms with Gasteiger partial charge in [-0.25, -0.2) is 9.37 Å². The number of carbonyl (C=O) groups is 1. The Bertz CT molecular complexity index is 643. The van der Waals surface area contributed by atoms with Gasteiger partial charge in [0, 0.05) is 6.42 Å². The van der Waals surface area contributed by atoms with Gasteiger partial charge in [-0.1, -0.05) is 24.3 Å². The van der Waals surface area contributed by atoms with Gasteiger partial charge in [0.05, 0.1) is 18.3 Å². The molecule has 3 rings (SSSR count). The number of nitrogens with one attached hydrogen (secondary N) is 1.